The van der Waals surface area contributed by atoms with Crippen molar-refractivity contribution in [1.29, 1.82) is 5.26 Å². The standard InChI is InChI=1S/C16H14ClN3O/c17-14-8-6-13(7-9-14)10-11-19-16(20-12-18)21-15-4-2-1-3-5-15/h1-9H,10-11H2,(H,19,20). The molecule has 0 amide bonds. The summed E-state index contributed by atoms with van der Waals surface area (Å²) < 4.78 is 5.51. The minimum Gasteiger partial charge on any atom is -0.425 e. The van der Waals surface area contributed by atoms with E-state index in [-0.39, 0.29) is 6.02 Å². The van der Waals surface area contributed by atoms with Crippen LogP contribution >= 0.6 is 11.6 Å². The summed E-state index contributed by atoms with van der Waals surface area (Å²) in [6.45, 7) is 0.512. The Balaban J connectivity index is 1.94. The van der Waals surface area contributed by atoms with Crippen LogP contribution in [0.3, 0.4) is 0 Å². The molecule has 0 spiro atoms. The van der Waals surface area contributed by atoms with Crippen molar-refractivity contribution in [3.63, 3.8) is 0 Å². The van der Waals surface area contributed by atoms with Crippen molar-refractivity contribution >= 4 is 17.6 Å². The Morgan fingerprint density at radius 2 is 1.86 bits per heavy atom. The Morgan fingerprint density at radius 1 is 1.14 bits per heavy atom. The molecule has 0 aromatic heterocycles. The van der Waals surface area contributed by atoms with Crippen LogP contribution in [0.5, 0.6) is 5.75 Å². The lowest BCUT2D eigenvalue weighted by atomic mass is 10.1. The number of ether oxygens (including phenoxy) is 1. The van der Waals surface area contributed by atoms with Gasteiger partial charge in [0.05, 0.1) is 0 Å². The molecule has 0 saturated carbocycles. The fourth-order valence-electron chi connectivity index (χ4n) is 1.68. The van der Waals surface area contributed by atoms with E-state index in [2.05, 4.69) is 10.3 Å². The van der Waals surface area contributed by atoms with Gasteiger partial charge in [0.2, 0.25) is 0 Å². The summed E-state index contributed by atoms with van der Waals surface area (Å²) in [6, 6.07) is 17.0. The summed E-state index contributed by atoms with van der Waals surface area (Å²) in [5.41, 5.74) is 1.12. The van der Waals surface area contributed by atoms with Gasteiger partial charge in [0, 0.05) is 11.6 Å². The van der Waals surface area contributed by atoms with E-state index in [0.29, 0.717) is 17.3 Å². The number of nitrogens with one attached hydrogen (secondary N) is 1. The molecule has 0 aliphatic carbocycles. The van der Waals surface area contributed by atoms with Gasteiger partial charge >= 0.3 is 6.02 Å². The van der Waals surface area contributed by atoms with Crippen molar-refractivity contribution in [3.05, 3.63) is 65.2 Å². The van der Waals surface area contributed by atoms with Crippen LogP contribution in [0.25, 0.3) is 0 Å². The highest BCUT2D eigenvalue weighted by Gasteiger charge is 2.01. The third kappa shape index (κ3) is 5.17. The van der Waals surface area contributed by atoms with Gasteiger partial charge in [0.15, 0.2) is 6.19 Å². The molecule has 0 aliphatic rings. The van der Waals surface area contributed by atoms with Crippen molar-refractivity contribution in [2.75, 3.05) is 6.54 Å². The van der Waals surface area contributed by atoms with E-state index in [1.807, 2.05) is 48.7 Å². The summed E-state index contributed by atoms with van der Waals surface area (Å²) in [5, 5.41) is 11.9. The summed E-state index contributed by atoms with van der Waals surface area (Å²) >= 11 is 5.83. The zero-order valence-electron chi connectivity index (χ0n) is 11.3. The molecule has 0 atom stereocenters. The molecule has 5 heteroatoms. The summed E-state index contributed by atoms with van der Waals surface area (Å²) in [5.74, 6) is 0.630. The number of aliphatic imine (C=N–C) groups is 1. The van der Waals surface area contributed by atoms with Crippen molar-refractivity contribution in [2.24, 2.45) is 4.99 Å². The Morgan fingerprint density at radius 3 is 2.52 bits per heavy atom. The molecular formula is C16H14ClN3O. The molecule has 2 aromatic rings. The Bertz CT molecular complexity index is 633. The number of nitriles is 1. The summed E-state index contributed by atoms with van der Waals surface area (Å²) in [4.78, 5) is 4.25. The number of rotatable bonds is 4. The lowest BCUT2D eigenvalue weighted by molar-refractivity contribution is 0.526. The van der Waals surface area contributed by atoms with Gasteiger partial charge in [-0.25, -0.2) is 10.3 Å². The molecule has 2 rings (SSSR count). The number of benzene rings is 2. The number of amidine groups is 1. The topological polar surface area (TPSA) is 57.4 Å². The van der Waals surface area contributed by atoms with Crippen LogP contribution in [0.1, 0.15) is 5.56 Å². The van der Waals surface area contributed by atoms with Gasteiger partial charge in [-0.3, -0.25) is 0 Å². The molecule has 0 aliphatic heterocycles. The molecular weight excluding hydrogens is 286 g/mol. The van der Waals surface area contributed by atoms with Crippen molar-refractivity contribution in [2.45, 2.75) is 6.42 Å². The van der Waals surface area contributed by atoms with Crippen molar-refractivity contribution < 1.29 is 4.74 Å². The molecule has 0 bridgehead atoms. The quantitative estimate of drug-likeness (QED) is 0.407. The maximum atomic E-state index is 8.72. The molecule has 2 aromatic carbocycles. The van der Waals surface area contributed by atoms with Crippen molar-refractivity contribution in [1.82, 2.24) is 5.32 Å². The zero-order valence-corrected chi connectivity index (χ0v) is 12.0. The highest BCUT2D eigenvalue weighted by Crippen LogP contribution is 2.10. The molecule has 0 heterocycles. The fourth-order valence-corrected chi connectivity index (χ4v) is 1.81. The normalized spacial score (nSPS) is 10.8. The Labute approximate surface area is 128 Å². The van der Waals surface area contributed by atoms with E-state index in [4.69, 9.17) is 21.6 Å². The van der Waals surface area contributed by atoms with Gasteiger partial charge in [0.1, 0.15) is 5.75 Å². The van der Waals surface area contributed by atoms with Crippen LogP contribution in [0, 0.1) is 11.5 Å². The first-order valence-electron chi connectivity index (χ1n) is 6.45. The monoisotopic (exact) mass is 299 g/mol. The second-order valence-corrected chi connectivity index (χ2v) is 4.65. The Kier molecular flexibility index (Phi) is 5.62. The van der Waals surface area contributed by atoms with E-state index < -0.39 is 0 Å². The third-order valence-corrected chi connectivity index (χ3v) is 2.94. The summed E-state index contributed by atoms with van der Waals surface area (Å²) in [7, 11) is 0. The van der Waals surface area contributed by atoms with E-state index >= 15 is 0 Å². The van der Waals surface area contributed by atoms with Crippen molar-refractivity contribution in [3.8, 4) is 11.9 Å². The number of hydrogen-bond donors (Lipinski definition) is 1. The average molecular weight is 300 g/mol. The second-order valence-electron chi connectivity index (χ2n) is 4.22. The van der Waals surface area contributed by atoms with Crippen LogP contribution in [-0.4, -0.2) is 12.6 Å². The first kappa shape index (κ1) is 14.9. The third-order valence-electron chi connectivity index (χ3n) is 2.69. The maximum Gasteiger partial charge on any atom is 0.303 e. The smallest absolute Gasteiger partial charge is 0.303 e. The number of halogens is 1. The van der Waals surface area contributed by atoms with E-state index in [1.165, 1.54) is 0 Å². The molecule has 0 radical (unpaired) electrons. The highest BCUT2D eigenvalue weighted by molar-refractivity contribution is 6.30. The molecule has 21 heavy (non-hydrogen) atoms. The SMILES string of the molecule is N#CNC(=NCCc1ccc(Cl)cc1)Oc1ccccc1. The van der Waals surface area contributed by atoms with Gasteiger partial charge < -0.3 is 4.74 Å². The molecule has 4 nitrogen and oxygen atoms in total. The van der Waals surface area contributed by atoms with Gasteiger partial charge in [-0.05, 0) is 36.2 Å². The van der Waals surface area contributed by atoms with E-state index in [1.54, 1.807) is 12.1 Å². The average Bonchev–Trinajstić information content (AvgIpc) is 2.50. The maximum absolute atomic E-state index is 8.72. The lowest BCUT2D eigenvalue weighted by Gasteiger charge is -2.06. The van der Waals surface area contributed by atoms with Crippen LogP contribution in [0.4, 0.5) is 0 Å². The predicted octanol–water partition coefficient (Wildman–Crippen LogP) is 3.39. The number of nitrogens with zero attached hydrogens (tertiary/aromatic N) is 2. The van der Waals surface area contributed by atoms with Gasteiger partial charge in [-0.15, -0.1) is 0 Å². The second kappa shape index (κ2) is 7.93. The molecule has 1 N–H and O–H groups in total. The fraction of sp³-hybridized carbons (Fsp3) is 0.125. The zero-order chi connectivity index (χ0) is 14.9. The van der Waals surface area contributed by atoms with Crippen LogP contribution in [-0.2, 0) is 6.42 Å². The molecule has 0 fully saturated rings. The van der Waals surface area contributed by atoms with Crippen LogP contribution < -0.4 is 10.1 Å². The largest absolute Gasteiger partial charge is 0.425 e. The van der Waals surface area contributed by atoms with Gasteiger partial charge in [-0.1, -0.05) is 41.9 Å². The molecule has 0 saturated heterocycles. The van der Waals surface area contributed by atoms with Crippen LogP contribution in [0.2, 0.25) is 5.02 Å². The number of para-hydroxylation sites is 1. The predicted molar refractivity (Wildman–Crippen MR) is 83.3 cm³/mol. The van der Waals surface area contributed by atoms with E-state index in [0.717, 1.165) is 12.0 Å². The van der Waals surface area contributed by atoms with Gasteiger partial charge in [-0.2, -0.15) is 5.26 Å². The Hall–Kier alpha value is -2.51. The molecule has 0 unspecified atom stereocenters. The first-order chi connectivity index (χ1) is 10.3. The van der Waals surface area contributed by atoms with Gasteiger partial charge in [0.25, 0.3) is 0 Å². The lowest BCUT2D eigenvalue weighted by Crippen LogP contribution is -2.25. The first-order valence-corrected chi connectivity index (χ1v) is 6.82. The minimum atomic E-state index is 0.192. The number of hydrogen-bond acceptors (Lipinski definition) is 3. The highest BCUT2D eigenvalue weighted by atomic mass is 35.5. The molecule has 106 valence electrons. The summed E-state index contributed by atoms with van der Waals surface area (Å²) in [6.07, 6.45) is 2.56. The van der Waals surface area contributed by atoms with E-state index in [9.17, 15) is 0 Å². The van der Waals surface area contributed by atoms with Crippen LogP contribution in [0.15, 0.2) is 59.6 Å². The minimum absolute atomic E-state index is 0.192.